The number of aliphatic hydroxyl groups is 1. The van der Waals surface area contributed by atoms with E-state index in [0.717, 1.165) is 5.56 Å². The molecule has 1 fully saturated rings. The molecule has 6 nitrogen and oxygen atoms in total. The molecule has 6 heteroatoms. The topological polar surface area (TPSA) is 83.7 Å². The van der Waals surface area contributed by atoms with Gasteiger partial charge in [-0.2, -0.15) is 0 Å². The number of aliphatic hydroxyl groups excluding tert-OH is 1. The van der Waals surface area contributed by atoms with Crippen LogP contribution in [0.25, 0.3) is 0 Å². The molecule has 0 radical (unpaired) electrons. The van der Waals surface area contributed by atoms with Gasteiger partial charge in [-0.3, -0.25) is 14.9 Å². The minimum atomic E-state index is -1.08. The molecule has 0 unspecified atom stereocenters. The van der Waals surface area contributed by atoms with Gasteiger partial charge in [0.05, 0.1) is 5.92 Å². The number of carbonyl (C=O) groups is 1. The van der Waals surface area contributed by atoms with Gasteiger partial charge in [-0.05, 0) is 17.5 Å². The van der Waals surface area contributed by atoms with Crippen LogP contribution in [0, 0.1) is 16.0 Å². The molecule has 2 aromatic carbocycles. The van der Waals surface area contributed by atoms with Crippen molar-refractivity contribution in [3.05, 3.63) is 81.9 Å². The van der Waals surface area contributed by atoms with Crippen LogP contribution < -0.4 is 0 Å². The Morgan fingerprint density at radius 3 is 2.08 bits per heavy atom. The van der Waals surface area contributed by atoms with E-state index in [1.807, 2.05) is 43.3 Å². The summed E-state index contributed by atoms with van der Waals surface area (Å²) in [4.78, 5) is 24.8. The summed E-state index contributed by atoms with van der Waals surface area (Å²) in [6, 6.07) is 16.3. The first kappa shape index (κ1) is 18.1. The van der Waals surface area contributed by atoms with Crippen molar-refractivity contribution >= 4 is 6.41 Å². The highest BCUT2D eigenvalue weighted by Gasteiger charge is 2.54. The summed E-state index contributed by atoms with van der Waals surface area (Å²) in [5.41, 5.74) is 1.46. The fourth-order valence-corrected chi connectivity index (χ4v) is 4.18. The number of hydrogen-bond donors (Lipinski definition) is 1. The minimum Gasteiger partial charge on any atom is -0.373 e. The van der Waals surface area contributed by atoms with Gasteiger partial charge in [-0.25, -0.2) is 0 Å². The molecule has 1 amide bonds. The first-order chi connectivity index (χ1) is 12.6. The van der Waals surface area contributed by atoms with Crippen molar-refractivity contribution in [3.8, 4) is 0 Å². The van der Waals surface area contributed by atoms with Crippen LogP contribution >= 0.6 is 0 Å². The number of benzene rings is 2. The lowest BCUT2D eigenvalue weighted by Crippen LogP contribution is -2.57. The number of amides is 1. The van der Waals surface area contributed by atoms with Gasteiger partial charge >= 0.3 is 0 Å². The Balaban J connectivity index is 2.18. The zero-order chi connectivity index (χ0) is 18.7. The van der Waals surface area contributed by atoms with Crippen LogP contribution in [-0.4, -0.2) is 33.6 Å². The molecule has 136 valence electrons. The number of piperidine rings is 1. The second kappa shape index (κ2) is 7.66. The maximum absolute atomic E-state index is 12.1. The van der Waals surface area contributed by atoms with Crippen molar-refractivity contribution in [1.29, 1.82) is 0 Å². The van der Waals surface area contributed by atoms with Crippen molar-refractivity contribution in [2.45, 2.75) is 37.6 Å². The molecule has 5 atom stereocenters. The van der Waals surface area contributed by atoms with E-state index in [2.05, 4.69) is 0 Å². The van der Waals surface area contributed by atoms with Gasteiger partial charge in [0.1, 0.15) is 12.3 Å². The van der Waals surface area contributed by atoms with Gasteiger partial charge in [0.15, 0.2) is 0 Å². The third-order valence-electron chi connectivity index (χ3n) is 5.32. The summed E-state index contributed by atoms with van der Waals surface area (Å²) < 4.78 is 0. The standard InChI is InChI=1S/C20H22N2O4/c1-2-16-17(14-9-5-3-6-10-14)19(22(25)26)18(21(13-23)20(16)24)15-11-7-4-8-12-15/h3-13,16-20,24H,2H2,1H3/t16-,17-,18-,19+,20+/m1/s1. The third-order valence-corrected chi connectivity index (χ3v) is 5.32. The number of hydrogen-bond acceptors (Lipinski definition) is 4. The second-order valence-corrected chi connectivity index (χ2v) is 6.61. The van der Waals surface area contributed by atoms with E-state index in [-0.39, 0.29) is 4.92 Å². The largest absolute Gasteiger partial charge is 0.373 e. The number of rotatable bonds is 5. The Hall–Kier alpha value is -2.73. The molecule has 0 aromatic heterocycles. The number of likely N-dealkylation sites (tertiary alicyclic amines) is 1. The van der Waals surface area contributed by atoms with Gasteiger partial charge in [0.2, 0.25) is 12.5 Å². The van der Waals surface area contributed by atoms with E-state index in [1.165, 1.54) is 4.90 Å². The molecule has 1 aliphatic heterocycles. The highest BCUT2D eigenvalue weighted by Crippen LogP contribution is 2.47. The Morgan fingerprint density at radius 2 is 1.62 bits per heavy atom. The SMILES string of the molecule is CC[C@@H]1[C@@H](c2ccccc2)[C@H]([N+](=O)[O-])[C@@H](c2ccccc2)N(C=O)[C@H]1O. The van der Waals surface area contributed by atoms with Crippen molar-refractivity contribution in [2.75, 3.05) is 0 Å². The van der Waals surface area contributed by atoms with Crippen molar-refractivity contribution in [2.24, 2.45) is 5.92 Å². The van der Waals surface area contributed by atoms with E-state index in [1.54, 1.807) is 24.3 Å². The number of carbonyl (C=O) groups excluding carboxylic acids is 1. The lowest BCUT2D eigenvalue weighted by molar-refractivity contribution is -0.544. The fraction of sp³-hybridized carbons (Fsp3) is 0.350. The molecule has 1 aliphatic rings. The number of nitrogens with zero attached hydrogens (tertiary/aromatic N) is 2. The maximum Gasteiger partial charge on any atom is 0.244 e. The molecule has 3 rings (SSSR count). The van der Waals surface area contributed by atoms with E-state index in [9.17, 15) is 20.0 Å². The molecule has 1 heterocycles. The lowest BCUT2D eigenvalue weighted by atomic mass is 9.71. The molecule has 26 heavy (non-hydrogen) atoms. The highest BCUT2D eigenvalue weighted by atomic mass is 16.6. The molecule has 0 saturated carbocycles. The van der Waals surface area contributed by atoms with Crippen LogP contribution in [0.3, 0.4) is 0 Å². The smallest absolute Gasteiger partial charge is 0.244 e. The van der Waals surface area contributed by atoms with Gasteiger partial charge in [-0.1, -0.05) is 67.6 Å². The van der Waals surface area contributed by atoms with Crippen LogP contribution in [0.5, 0.6) is 0 Å². The quantitative estimate of drug-likeness (QED) is 0.508. The Morgan fingerprint density at radius 1 is 1.08 bits per heavy atom. The minimum absolute atomic E-state index is 0.305. The molecule has 0 spiro atoms. The fourth-order valence-electron chi connectivity index (χ4n) is 4.18. The second-order valence-electron chi connectivity index (χ2n) is 6.61. The average molecular weight is 354 g/mol. The van der Waals surface area contributed by atoms with Gasteiger partial charge in [0, 0.05) is 10.8 Å². The van der Waals surface area contributed by atoms with E-state index in [0.29, 0.717) is 18.4 Å². The molecule has 1 N–H and O–H groups in total. The Kier molecular flexibility index (Phi) is 5.32. The predicted molar refractivity (Wildman–Crippen MR) is 96.8 cm³/mol. The van der Waals surface area contributed by atoms with E-state index < -0.39 is 30.1 Å². The maximum atomic E-state index is 12.1. The summed E-state index contributed by atoms with van der Waals surface area (Å²) in [6.07, 6.45) is -0.0243. The first-order valence-corrected chi connectivity index (χ1v) is 8.74. The van der Waals surface area contributed by atoms with Crippen molar-refractivity contribution < 1.29 is 14.8 Å². The average Bonchev–Trinajstić information content (AvgIpc) is 2.68. The molecule has 0 bridgehead atoms. The van der Waals surface area contributed by atoms with Crippen LogP contribution in [0.15, 0.2) is 60.7 Å². The first-order valence-electron chi connectivity index (χ1n) is 8.74. The zero-order valence-electron chi connectivity index (χ0n) is 14.5. The summed E-state index contributed by atoms with van der Waals surface area (Å²) in [6.45, 7) is 1.88. The van der Waals surface area contributed by atoms with Gasteiger partial charge < -0.3 is 10.0 Å². The highest BCUT2D eigenvalue weighted by molar-refractivity contribution is 5.51. The van der Waals surface area contributed by atoms with E-state index in [4.69, 9.17) is 0 Å². The summed E-state index contributed by atoms with van der Waals surface area (Å²) in [7, 11) is 0. The van der Waals surface area contributed by atoms with Crippen molar-refractivity contribution in [1.82, 2.24) is 4.90 Å². The summed E-state index contributed by atoms with van der Waals surface area (Å²) >= 11 is 0. The molecule has 2 aromatic rings. The Labute approximate surface area is 152 Å². The summed E-state index contributed by atoms with van der Waals surface area (Å²) in [5, 5.41) is 23.0. The molecular formula is C20H22N2O4. The molecular weight excluding hydrogens is 332 g/mol. The normalized spacial score (nSPS) is 28.5. The third kappa shape index (κ3) is 3.08. The Bertz CT molecular complexity index is 753. The van der Waals surface area contributed by atoms with Crippen LogP contribution in [0.2, 0.25) is 0 Å². The zero-order valence-corrected chi connectivity index (χ0v) is 14.5. The van der Waals surface area contributed by atoms with Crippen LogP contribution in [0.4, 0.5) is 0 Å². The van der Waals surface area contributed by atoms with Crippen LogP contribution in [-0.2, 0) is 4.79 Å². The monoisotopic (exact) mass is 354 g/mol. The van der Waals surface area contributed by atoms with E-state index >= 15 is 0 Å². The summed E-state index contributed by atoms with van der Waals surface area (Å²) in [5.74, 6) is -0.912. The molecule has 1 saturated heterocycles. The lowest BCUT2D eigenvalue weighted by Gasteiger charge is -2.47. The van der Waals surface area contributed by atoms with Gasteiger partial charge in [-0.15, -0.1) is 0 Å². The number of nitro groups is 1. The van der Waals surface area contributed by atoms with Gasteiger partial charge in [0.25, 0.3) is 0 Å². The molecule has 0 aliphatic carbocycles. The predicted octanol–water partition coefficient (Wildman–Crippen LogP) is 2.97. The van der Waals surface area contributed by atoms with Crippen molar-refractivity contribution in [3.63, 3.8) is 0 Å². The van der Waals surface area contributed by atoms with Crippen LogP contribution in [0.1, 0.15) is 36.4 Å².